The van der Waals surface area contributed by atoms with Crippen molar-refractivity contribution in [2.45, 2.75) is 64.1 Å². The van der Waals surface area contributed by atoms with E-state index in [2.05, 4.69) is 34.8 Å². The highest BCUT2D eigenvalue weighted by molar-refractivity contribution is 7.09. The number of amides is 3. The molecule has 3 N–H and O–H groups in total. The van der Waals surface area contributed by atoms with Gasteiger partial charge in [-0.15, -0.1) is 11.3 Å². The van der Waals surface area contributed by atoms with Gasteiger partial charge in [0.1, 0.15) is 23.1 Å². The number of hydrogen-bond acceptors (Lipinski definition) is 5. The van der Waals surface area contributed by atoms with Crippen molar-refractivity contribution in [3.05, 3.63) is 75.7 Å². The van der Waals surface area contributed by atoms with Crippen LogP contribution in [0.4, 0.5) is 19.3 Å². The minimum atomic E-state index is -1.02. The predicted octanol–water partition coefficient (Wildman–Crippen LogP) is 5.99. The number of ether oxygens (including phenoxy) is 1. The Bertz CT molecular complexity index is 1220. The van der Waals surface area contributed by atoms with Crippen LogP contribution < -0.4 is 20.7 Å². The summed E-state index contributed by atoms with van der Waals surface area (Å²) < 4.78 is 32.1. The first-order valence-corrected chi connectivity index (χ1v) is 13.2. The zero-order valence-corrected chi connectivity index (χ0v) is 21.5. The first-order chi connectivity index (χ1) is 17.8. The highest BCUT2D eigenvalue weighted by Crippen LogP contribution is 2.22. The van der Waals surface area contributed by atoms with Crippen LogP contribution in [-0.4, -0.2) is 29.0 Å². The third-order valence-corrected chi connectivity index (χ3v) is 7.09. The maximum atomic E-state index is 13.3. The molecule has 1 aromatic heterocycles. The average Bonchev–Trinajstić information content (AvgIpc) is 3.36. The van der Waals surface area contributed by atoms with Gasteiger partial charge in [-0.2, -0.15) is 0 Å². The molecule has 1 fully saturated rings. The molecular weight excluding hydrogens is 498 g/mol. The Hall–Kier alpha value is -3.53. The predicted molar refractivity (Wildman–Crippen MR) is 139 cm³/mol. The van der Waals surface area contributed by atoms with E-state index in [1.165, 1.54) is 23.0 Å². The van der Waals surface area contributed by atoms with Gasteiger partial charge in [0, 0.05) is 29.2 Å². The summed E-state index contributed by atoms with van der Waals surface area (Å²) in [6.07, 6.45) is 2.77. The van der Waals surface area contributed by atoms with E-state index in [-0.39, 0.29) is 23.7 Å². The zero-order chi connectivity index (χ0) is 26.4. The second kappa shape index (κ2) is 12.1. The second-order valence-electron chi connectivity index (χ2n) is 9.39. The number of carbonyl (C=O) groups excluding carboxylic acids is 2. The minimum absolute atomic E-state index is 0.0133. The molecule has 1 aliphatic rings. The highest BCUT2D eigenvalue weighted by atomic mass is 32.1. The maximum Gasteiger partial charge on any atom is 0.319 e. The number of hydrogen-bond donors (Lipinski definition) is 3. The molecule has 1 aliphatic carbocycles. The van der Waals surface area contributed by atoms with Crippen molar-refractivity contribution < 1.29 is 23.1 Å². The molecule has 3 aromatic rings. The molecule has 0 aliphatic heterocycles. The Kier molecular flexibility index (Phi) is 8.70. The fraction of sp³-hybridized carbons (Fsp3) is 0.370. The average molecular weight is 529 g/mol. The van der Waals surface area contributed by atoms with Crippen LogP contribution in [0.5, 0.6) is 5.75 Å². The Balaban J connectivity index is 1.18. The van der Waals surface area contributed by atoms with Gasteiger partial charge in [0.05, 0.1) is 0 Å². The van der Waals surface area contributed by atoms with E-state index in [4.69, 9.17) is 4.74 Å². The van der Waals surface area contributed by atoms with E-state index in [1.54, 1.807) is 5.38 Å². The molecular formula is C27H30F2N4O3S. The highest BCUT2D eigenvalue weighted by Gasteiger charge is 2.25. The van der Waals surface area contributed by atoms with E-state index in [1.807, 2.05) is 24.3 Å². The zero-order valence-electron chi connectivity index (χ0n) is 20.7. The van der Waals surface area contributed by atoms with Gasteiger partial charge >= 0.3 is 6.03 Å². The molecule has 7 nitrogen and oxygen atoms in total. The van der Waals surface area contributed by atoms with Gasteiger partial charge in [-0.05, 0) is 61.4 Å². The molecule has 1 saturated carbocycles. The lowest BCUT2D eigenvalue weighted by molar-refractivity contribution is 0.0919. The Morgan fingerprint density at radius 3 is 2.32 bits per heavy atom. The lowest BCUT2D eigenvalue weighted by atomic mass is 9.91. The van der Waals surface area contributed by atoms with E-state index < -0.39 is 17.7 Å². The number of halogens is 2. The van der Waals surface area contributed by atoms with Crippen LogP contribution in [0.3, 0.4) is 0 Å². The molecule has 0 saturated heterocycles. The lowest BCUT2D eigenvalue weighted by Gasteiger charge is -2.29. The van der Waals surface area contributed by atoms with Crippen molar-refractivity contribution >= 4 is 29.0 Å². The molecule has 3 amide bonds. The first kappa shape index (κ1) is 26.5. The molecule has 0 radical (unpaired) electrons. The quantitative estimate of drug-likeness (QED) is 0.335. The van der Waals surface area contributed by atoms with Gasteiger partial charge in [-0.25, -0.2) is 18.6 Å². The monoisotopic (exact) mass is 528 g/mol. The van der Waals surface area contributed by atoms with Gasteiger partial charge in [-0.1, -0.05) is 26.0 Å². The molecule has 0 atom stereocenters. The van der Waals surface area contributed by atoms with Crippen LogP contribution in [0, 0.1) is 11.6 Å². The molecule has 0 bridgehead atoms. The molecule has 0 spiro atoms. The molecule has 37 heavy (non-hydrogen) atoms. The summed E-state index contributed by atoms with van der Waals surface area (Å²) in [5, 5.41) is 10.8. The molecule has 0 unspecified atom stereocenters. The van der Waals surface area contributed by atoms with Crippen molar-refractivity contribution in [1.82, 2.24) is 15.6 Å². The Morgan fingerprint density at radius 1 is 1.00 bits per heavy atom. The smallest absolute Gasteiger partial charge is 0.319 e. The van der Waals surface area contributed by atoms with Crippen LogP contribution in [0.15, 0.2) is 47.8 Å². The van der Waals surface area contributed by atoms with E-state index in [9.17, 15) is 18.4 Å². The number of nitrogens with one attached hydrogen (secondary N) is 3. The lowest BCUT2D eigenvalue weighted by Crippen LogP contribution is -2.45. The van der Waals surface area contributed by atoms with Gasteiger partial charge in [0.2, 0.25) is 0 Å². The number of aromatic nitrogens is 1. The van der Waals surface area contributed by atoms with Crippen molar-refractivity contribution in [2.75, 3.05) is 5.32 Å². The van der Waals surface area contributed by atoms with Crippen molar-refractivity contribution in [3.8, 4) is 5.75 Å². The van der Waals surface area contributed by atoms with E-state index >= 15 is 0 Å². The standard InChI is InChI=1S/C27H30F2N4O3S/c1-16(2)17-3-10-21(11-4-17)36-14-25-33-24(15-37-25)26(34)30-18-5-7-19(8-6-18)31-27(35)32-20-9-12-22(28)23(29)13-20/h3-4,9-13,15-16,18-19H,5-8,14H2,1-2H3,(H,30,34)(H2,31,32,35). The van der Waals surface area contributed by atoms with Crippen molar-refractivity contribution in [3.63, 3.8) is 0 Å². The number of anilines is 1. The van der Waals surface area contributed by atoms with Crippen LogP contribution in [0.25, 0.3) is 0 Å². The summed E-state index contributed by atoms with van der Waals surface area (Å²) in [7, 11) is 0. The molecule has 1 heterocycles. The van der Waals surface area contributed by atoms with E-state index in [0.717, 1.165) is 22.9 Å². The van der Waals surface area contributed by atoms with Crippen LogP contribution >= 0.6 is 11.3 Å². The van der Waals surface area contributed by atoms with Gasteiger partial charge in [0.25, 0.3) is 5.91 Å². The third-order valence-electron chi connectivity index (χ3n) is 6.27. The largest absolute Gasteiger partial charge is 0.486 e. The molecule has 196 valence electrons. The van der Waals surface area contributed by atoms with Crippen molar-refractivity contribution in [1.29, 1.82) is 0 Å². The SMILES string of the molecule is CC(C)c1ccc(OCc2nc(C(=O)NC3CCC(NC(=O)Nc4ccc(F)c(F)c4)CC3)cs2)cc1. The van der Waals surface area contributed by atoms with Gasteiger partial charge < -0.3 is 20.7 Å². The summed E-state index contributed by atoms with van der Waals surface area (Å²) >= 11 is 1.38. The summed E-state index contributed by atoms with van der Waals surface area (Å²) in [6.45, 7) is 4.57. The number of urea groups is 1. The number of rotatable bonds is 8. The Morgan fingerprint density at radius 2 is 1.68 bits per heavy atom. The van der Waals surface area contributed by atoms with Gasteiger partial charge in [0.15, 0.2) is 11.6 Å². The van der Waals surface area contributed by atoms with Gasteiger partial charge in [-0.3, -0.25) is 4.79 Å². The van der Waals surface area contributed by atoms with Crippen LogP contribution in [0.2, 0.25) is 0 Å². The Labute approximate surface area is 218 Å². The van der Waals surface area contributed by atoms with E-state index in [0.29, 0.717) is 43.9 Å². The summed E-state index contributed by atoms with van der Waals surface area (Å²) in [5.41, 5.74) is 1.79. The second-order valence-corrected chi connectivity index (χ2v) is 10.3. The first-order valence-electron chi connectivity index (χ1n) is 12.3. The fourth-order valence-corrected chi connectivity index (χ4v) is 4.83. The molecule has 2 aromatic carbocycles. The number of benzene rings is 2. The van der Waals surface area contributed by atoms with Crippen LogP contribution in [0.1, 0.15) is 66.5 Å². The topological polar surface area (TPSA) is 92.3 Å². The fourth-order valence-electron chi connectivity index (χ4n) is 4.14. The summed E-state index contributed by atoms with van der Waals surface area (Å²) in [6, 6.07) is 10.6. The normalized spacial score (nSPS) is 17.3. The molecule has 10 heteroatoms. The minimum Gasteiger partial charge on any atom is -0.486 e. The third kappa shape index (κ3) is 7.48. The number of thiazole rings is 1. The number of nitrogens with zero attached hydrogens (tertiary/aromatic N) is 1. The van der Waals surface area contributed by atoms with Crippen LogP contribution in [-0.2, 0) is 6.61 Å². The maximum absolute atomic E-state index is 13.3. The number of carbonyl (C=O) groups is 2. The summed E-state index contributed by atoms with van der Waals surface area (Å²) in [5.74, 6) is -1.00. The molecule has 4 rings (SSSR count). The summed E-state index contributed by atoms with van der Waals surface area (Å²) in [4.78, 5) is 29.3. The van der Waals surface area contributed by atoms with Crippen molar-refractivity contribution in [2.24, 2.45) is 0 Å².